The molecule has 5 aromatic rings. The number of allylic oxidation sites excluding steroid dienone is 1. The molecule has 4 aromatic carbocycles. The quantitative estimate of drug-likeness (QED) is 0.221. The smallest absolute Gasteiger partial charge is 0.216 e. The van der Waals surface area contributed by atoms with Crippen LogP contribution in [0.5, 0.6) is 5.75 Å². The third-order valence-electron chi connectivity index (χ3n) is 5.86. The van der Waals surface area contributed by atoms with Gasteiger partial charge in [0, 0.05) is 17.3 Å². The molecular weight excluding hydrogens is 494 g/mol. The molecule has 5 rings (SSSR count). The highest BCUT2D eigenvalue weighted by Crippen LogP contribution is 2.30. The standard InChI is InChI=1S/C31H23N3O3S/c32-21-30(38(35,36)29-17-8-3-9-18-29)20-26-22-34(27-14-6-2-7-15-27)33-31(26)25-13-10-16-28(19-25)37-23-24-11-4-1-5-12-24/h1-20,22H,23H2. The van der Waals surface area contributed by atoms with E-state index in [4.69, 9.17) is 9.84 Å². The molecule has 0 amide bonds. The molecule has 6 nitrogen and oxygen atoms in total. The van der Waals surface area contributed by atoms with Crippen LogP contribution in [0.15, 0.2) is 131 Å². The first-order valence-electron chi connectivity index (χ1n) is 11.9. The molecule has 0 aliphatic carbocycles. The number of para-hydroxylation sites is 1. The fourth-order valence-electron chi connectivity index (χ4n) is 3.94. The molecule has 0 fully saturated rings. The molecule has 1 aromatic heterocycles. The molecule has 0 aliphatic rings. The SMILES string of the molecule is N#CC(=Cc1cn(-c2ccccc2)nc1-c1cccc(OCc2ccccc2)c1)S(=O)(=O)c1ccccc1. The molecule has 0 atom stereocenters. The normalized spacial score (nSPS) is 11.6. The number of benzene rings is 4. The van der Waals surface area contributed by atoms with E-state index in [1.54, 1.807) is 29.1 Å². The first kappa shape index (κ1) is 24.8. The lowest BCUT2D eigenvalue weighted by molar-refractivity contribution is 0.306. The lowest BCUT2D eigenvalue weighted by atomic mass is 10.1. The van der Waals surface area contributed by atoms with Crippen LogP contribution in [0, 0.1) is 11.3 Å². The molecule has 0 spiro atoms. The third-order valence-corrected chi connectivity index (χ3v) is 7.54. The average Bonchev–Trinajstić information content (AvgIpc) is 3.40. The van der Waals surface area contributed by atoms with Crippen LogP contribution in [0.3, 0.4) is 0 Å². The van der Waals surface area contributed by atoms with Crippen molar-refractivity contribution in [3.8, 4) is 28.8 Å². The van der Waals surface area contributed by atoms with Crippen molar-refractivity contribution in [3.05, 3.63) is 137 Å². The Kier molecular flexibility index (Phi) is 7.16. The highest BCUT2D eigenvalue weighted by molar-refractivity contribution is 7.95. The van der Waals surface area contributed by atoms with E-state index in [1.165, 1.54) is 18.2 Å². The number of ether oxygens (including phenoxy) is 1. The number of sulfone groups is 1. The van der Waals surface area contributed by atoms with Gasteiger partial charge in [-0.25, -0.2) is 13.1 Å². The van der Waals surface area contributed by atoms with Gasteiger partial charge in [0.2, 0.25) is 9.84 Å². The maximum atomic E-state index is 13.2. The highest BCUT2D eigenvalue weighted by atomic mass is 32.2. The predicted octanol–water partition coefficient (Wildman–Crippen LogP) is 6.46. The van der Waals surface area contributed by atoms with Crippen LogP contribution in [0.1, 0.15) is 11.1 Å². The van der Waals surface area contributed by atoms with Crippen molar-refractivity contribution in [3.63, 3.8) is 0 Å². The Morgan fingerprint density at radius 3 is 2.21 bits per heavy atom. The van der Waals surface area contributed by atoms with E-state index in [9.17, 15) is 13.7 Å². The summed E-state index contributed by atoms with van der Waals surface area (Å²) in [5.74, 6) is 0.646. The summed E-state index contributed by atoms with van der Waals surface area (Å²) in [6, 6.07) is 36.6. The van der Waals surface area contributed by atoms with Gasteiger partial charge in [0.15, 0.2) is 0 Å². The second-order valence-electron chi connectivity index (χ2n) is 8.45. The number of nitriles is 1. The first-order valence-corrected chi connectivity index (χ1v) is 13.4. The van der Waals surface area contributed by atoms with E-state index >= 15 is 0 Å². The van der Waals surface area contributed by atoms with E-state index in [-0.39, 0.29) is 9.80 Å². The van der Waals surface area contributed by atoms with Crippen molar-refractivity contribution in [2.24, 2.45) is 0 Å². The van der Waals surface area contributed by atoms with E-state index < -0.39 is 9.84 Å². The molecular formula is C31H23N3O3S. The van der Waals surface area contributed by atoms with Gasteiger partial charge < -0.3 is 4.74 Å². The largest absolute Gasteiger partial charge is 0.489 e. The summed E-state index contributed by atoms with van der Waals surface area (Å²) in [6.45, 7) is 0.406. The number of aromatic nitrogens is 2. The van der Waals surface area contributed by atoms with E-state index in [2.05, 4.69) is 0 Å². The molecule has 0 unspecified atom stereocenters. The zero-order chi connectivity index (χ0) is 26.4. The fourth-order valence-corrected chi connectivity index (χ4v) is 5.11. The minimum Gasteiger partial charge on any atom is -0.489 e. The molecule has 0 aliphatic heterocycles. The maximum absolute atomic E-state index is 13.2. The van der Waals surface area contributed by atoms with Gasteiger partial charge in [0.25, 0.3) is 0 Å². The highest BCUT2D eigenvalue weighted by Gasteiger charge is 2.22. The fraction of sp³-hybridized carbons (Fsp3) is 0.0323. The van der Waals surface area contributed by atoms with Crippen molar-refractivity contribution in [1.29, 1.82) is 5.26 Å². The number of hydrogen-bond acceptors (Lipinski definition) is 5. The van der Waals surface area contributed by atoms with Crippen molar-refractivity contribution in [2.75, 3.05) is 0 Å². The second-order valence-corrected chi connectivity index (χ2v) is 10.4. The molecule has 38 heavy (non-hydrogen) atoms. The summed E-state index contributed by atoms with van der Waals surface area (Å²) < 4.78 is 34.1. The Morgan fingerprint density at radius 1 is 0.868 bits per heavy atom. The number of nitrogens with zero attached hydrogens (tertiary/aromatic N) is 3. The van der Waals surface area contributed by atoms with Crippen molar-refractivity contribution < 1.29 is 13.2 Å². The number of hydrogen-bond donors (Lipinski definition) is 0. The topological polar surface area (TPSA) is 85.0 Å². The second kappa shape index (κ2) is 11.0. The van der Waals surface area contributed by atoms with Crippen molar-refractivity contribution in [2.45, 2.75) is 11.5 Å². The van der Waals surface area contributed by atoms with Gasteiger partial charge in [0.1, 0.15) is 29.0 Å². The summed E-state index contributed by atoms with van der Waals surface area (Å²) in [4.78, 5) is -0.310. The minimum absolute atomic E-state index is 0.0566. The Labute approximate surface area is 221 Å². The minimum atomic E-state index is -4.01. The summed E-state index contributed by atoms with van der Waals surface area (Å²) in [5.41, 5.74) is 3.58. The maximum Gasteiger partial charge on any atom is 0.216 e. The van der Waals surface area contributed by atoms with Gasteiger partial charge in [-0.2, -0.15) is 10.4 Å². The van der Waals surface area contributed by atoms with Crippen LogP contribution < -0.4 is 4.74 Å². The summed E-state index contributed by atoms with van der Waals surface area (Å²) in [7, 11) is -4.01. The molecule has 0 bridgehead atoms. The van der Waals surface area contributed by atoms with Crippen LogP contribution in [0.25, 0.3) is 23.0 Å². The van der Waals surface area contributed by atoms with Crippen LogP contribution in [-0.2, 0) is 16.4 Å². The van der Waals surface area contributed by atoms with Gasteiger partial charge in [-0.05, 0) is 48.0 Å². The summed E-state index contributed by atoms with van der Waals surface area (Å²) >= 11 is 0. The van der Waals surface area contributed by atoms with E-state index in [1.807, 2.05) is 91.0 Å². The van der Waals surface area contributed by atoms with Crippen LogP contribution in [0.2, 0.25) is 0 Å². The van der Waals surface area contributed by atoms with Gasteiger partial charge >= 0.3 is 0 Å². The summed E-state index contributed by atoms with van der Waals surface area (Å²) in [5, 5.41) is 14.6. The van der Waals surface area contributed by atoms with Crippen LogP contribution in [0.4, 0.5) is 0 Å². The monoisotopic (exact) mass is 517 g/mol. The van der Waals surface area contributed by atoms with Gasteiger partial charge in [-0.3, -0.25) is 0 Å². The van der Waals surface area contributed by atoms with E-state index in [0.717, 1.165) is 16.8 Å². The molecule has 0 radical (unpaired) electrons. The van der Waals surface area contributed by atoms with Crippen molar-refractivity contribution >= 4 is 15.9 Å². The molecule has 1 heterocycles. The Hall–Kier alpha value is -4.93. The number of rotatable bonds is 8. The third kappa shape index (κ3) is 5.41. The predicted molar refractivity (Wildman–Crippen MR) is 147 cm³/mol. The zero-order valence-electron chi connectivity index (χ0n) is 20.3. The van der Waals surface area contributed by atoms with Gasteiger partial charge in [-0.15, -0.1) is 0 Å². The van der Waals surface area contributed by atoms with E-state index in [0.29, 0.717) is 23.6 Å². The molecule has 0 N–H and O–H groups in total. The van der Waals surface area contributed by atoms with Crippen LogP contribution >= 0.6 is 0 Å². The zero-order valence-corrected chi connectivity index (χ0v) is 21.1. The van der Waals surface area contributed by atoms with Gasteiger partial charge in [0.05, 0.1) is 10.6 Å². The molecule has 0 saturated heterocycles. The Balaban J connectivity index is 1.57. The lowest BCUT2D eigenvalue weighted by Gasteiger charge is -2.08. The van der Waals surface area contributed by atoms with Crippen molar-refractivity contribution in [1.82, 2.24) is 9.78 Å². The average molecular weight is 518 g/mol. The Morgan fingerprint density at radius 2 is 1.53 bits per heavy atom. The molecule has 0 saturated carbocycles. The summed E-state index contributed by atoms with van der Waals surface area (Å²) in [6.07, 6.45) is 3.10. The molecule has 186 valence electrons. The first-order chi connectivity index (χ1) is 18.5. The lowest BCUT2D eigenvalue weighted by Crippen LogP contribution is -2.03. The van der Waals surface area contributed by atoms with Crippen LogP contribution in [-0.4, -0.2) is 18.2 Å². The molecule has 7 heteroatoms. The van der Waals surface area contributed by atoms with Gasteiger partial charge in [-0.1, -0.05) is 78.9 Å². The Bertz CT molecular complexity index is 1720.